The Bertz CT molecular complexity index is 514. The molecule has 2 heterocycles. The van der Waals surface area contributed by atoms with Crippen LogP contribution in [-0.2, 0) is 7.05 Å². The Kier molecular flexibility index (Phi) is 3.38. The quantitative estimate of drug-likeness (QED) is 0.891. The van der Waals surface area contributed by atoms with Crippen LogP contribution in [0.2, 0.25) is 5.02 Å². The second-order valence-corrected chi connectivity index (χ2v) is 3.59. The van der Waals surface area contributed by atoms with Crippen LogP contribution in [0.15, 0.2) is 12.5 Å². The molecule has 0 bridgehead atoms. The molecule has 0 atom stereocenters. The molecule has 2 aromatic rings. The lowest BCUT2D eigenvalue weighted by molar-refractivity contribution is 0.422. The summed E-state index contributed by atoms with van der Waals surface area (Å²) in [5.41, 5.74) is 0. The number of aryl methyl sites for hydroxylation is 1. The highest BCUT2D eigenvalue weighted by atomic mass is 35.5. The number of nitrogens with zero attached hydrogens (tertiary/aromatic N) is 5. The van der Waals surface area contributed by atoms with Gasteiger partial charge in [-0.05, 0) is 6.92 Å². The van der Waals surface area contributed by atoms with E-state index in [-0.39, 0.29) is 11.9 Å². The molecule has 0 fully saturated rings. The summed E-state index contributed by atoms with van der Waals surface area (Å²) in [6, 6.07) is 0.190. The number of halogens is 1. The Morgan fingerprint density at radius 1 is 1.47 bits per heavy atom. The third-order valence-corrected chi connectivity index (χ3v) is 2.07. The van der Waals surface area contributed by atoms with Gasteiger partial charge in [0.05, 0.1) is 6.20 Å². The molecule has 8 heteroatoms. The van der Waals surface area contributed by atoms with Gasteiger partial charge in [-0.3, -0.25) is 4.68 Å². The molecular formula is C9H11ClN6O. The highest BCUT2D eigenvalue weighted by molar-refractivity contribution is 6.31. The maximum atomic E-state index is 5.91. The first-order valence-corrected chi connectivity index (χ1v) is 5.36. The molecule has 2 rings (SSSR count). The van der Waals surface area contributed by atoms with Gasteiger partial charge < -0.3 is 10.1 Å². The molecule has 2 aromatic heterocycles. The first-order valence-electron chi connectivity index (χ1n) is 4.99. The Morgan fingerprint density at radius 3 is 2.94 bits per heavy atom. The largest absolute Gasteiger partial charge is 0.402 e. The van der Waals surface area contributed by atoms with Crippen LogP contribution in [0.5, 0.6) is 11.9 Å². The molecule has 17 heavy (non-hydrogen) atoms. The van der Waals surface area contributed by atoms with Gasteiger partial charge in [0.25, 0.3) is 0 Å². The van der Waals surface area contributed by atoms with E-state index in [0.29, 0.717) is 17.5 Å². The highest BCUT2D eigenvalue weighted by Crippen LogP contribution is 2.25. The average molecular weight is 255 g/mol. The monoisotopic (exact) mass is 254 g/mol. The predicted molar refractivity (Wildman–Crippen MR) is 62.3 cm³/mol. The number of nitrogens with one attached hydrogen (secondary N) is 1. The molecule has 0 aliphatic rings. The number of aromatic nitrogens is 5. The first-order chi connectivity index (χ1) is 8.19. The van der Waals surface area contributed by atoms with Gasteiger partial charge in [-0.2, -0.15) is 9.97 Å². The van der Waals surface area contributed by atoms with Crippen molar-refractivity contribution in [2.75, 3.05) is 11.9 Å². The molecule has 0 amide bonds. The van der Waals surface area contributed by atoms with E-state index in [9.17, 15) is 0 Å². The summed E-state index contributed by atoms with van der Waals surface area (Å²) < 4.78 is 6.87. The lowest BCUT2D eigenvalue weighted by Crippen LogP contribution is -2.03. The van der Waals surface area contributed by atoms with Crippen molar-refractivity contribution in [3.63, 3.8) is 0 Å². The molecule has 90 valence electrons. The van der Waals surface area contributed by atoms with E-state index >= 15 is 0 Å². The van der Waals surface area contributed by atoms with Gasteiger partial charge in [0, 0.05) is 13.6 Å². The summed E-state index contributed by atoms with van der Waals surface area (Å²) in [7, 11) is 1.74. The molecule has 0 aromatic carbocycles. The van der Waals surface area contributed by atoms with Crippen LogP contribution < -0.4 is 10.1 Å². The van der Waals surface area contributed by atoms with Crippen LogP contribution >= 0.6 is 11.6 Å². The molecule has 0 saturated heterocycles. The van der Waals surface area contributed by atoms with Crippen molar-refractivity contribution in [2.24, 2.45) is 7.05 Å². The van der Waals surface area contributed by atoms with Crippen molar-refractivity contribution in [2.45, 2.75) is 6.92 Å². The minimum atomic E-state index is 0.190. The van der Waals surface area contributed by atoms with Gasteiger partial charge in [-0.15, -0.1) is 5.10 Å². The van der Waals surface area contributed by atoms with Gasteiger partial charge in [0.1, 0.15) is 11.3 Å². The second-order valence-electron chi connectivity index (χ2n) is 3.18. The molecule has 0 aliphatic heterocycles. The summed E-state index contributed by atoms with van der Waals surface area (Å²) in [6.45, 7) is 2.65. The smallest absolute Gasteiger partial charge is 0.342 e. The van der Waals surface area contributed by atoms with Crippen LogP contribution in [-0.4, -0.2) is 31.3 Å². The number of hydrogen-bond donors (Lipinski definition) is 1. The molecule has 0 unspecified atom stereocenters. The maximum Gasteiger partial charge on any atom is 0.342 e. The zero-order valence-corrected chi connectivity index (χ0v) is 10.1. The van der Waals surface area contributed by atoms with Crippen LogP contribution in [0.4, 0.5) is 5.95 Å². The van der Waals surface area contributed by atoms with Crippen molar-refractivity contribution in [3.05, 3.63) is 17.5 Å². The minimum absolute atomic E-state index is 0.190. The summed E-state index contributed by atoms with van der Waals surface area (Å²) >= 11 is 5.91. The predicted octanol–water partition coefficient (Wildman–Crippen LogP) is 1.48. The van der Waals surface area contributed by atoms with E-state index in [1.165, 1.54) is 17.2 Å². The summed E-state index contributed by atoms with van der Waals surface area (Å²) in [6.07, 6.45) is 2.99. The van der Waals surface area contributed by atoms with E-state index in [0.717, 1.165) is 0 Å². The Morgan fingerprint density at radius 2 is 2.29 bits per heavy atom. The van der Waals surface area contributed by atoms with Gasteiger partial charge in [-0.1, -0.05) is 11.6 Å². The van der Waals surface area contributed by atoms with Crippen molar-refractivity contribution < 1.29 is 4.74 Å². The molecular weight excluding hydrogens is 244 g/mol. The number of ether oxygens (including phenoxy) is 1. The van der Waals surface area contributed by atoms with Gasteiger partial charge in [0.2, 0.25) is 11.8 Å². The van der Waals surface area contributed by atoms with E-state index in [2.05, 4.69) is 25.4 Å². The maximum absolute atomic E-state index is 5.91. The molecule has 1 N–H and O–H groups in total. The van der Waals surface area contributed by atoms with Gasteiger partial charge in [-0.25, -0.2) is 4.98 Å². The van der Waals surface area contributed by atoms with Crippen LogP contribution in [0.3, 0.4) is 0 Å². The van der Waals surface area contributed by atoms with Crippen molar-refractivity contribution in [3.8, 4) is 11.9 Å². The number of anilines is 1. The van der Waals surface area contributed by atoms with Crippen molar-refractivity contribution in [1.29, 1.82) is 0 Å². The summed E-state index contributed by atoms with van der Waals surface area (Å²) in [5.74, 6) is 0.673. The molecule has 0 radical (unpaired) electrons. The fraction of sp³-hybridized carbons (Fsp3) is 0.333. The molecule has 0 spiro atoms. The number of rotatable bonds is 4. The Hall–Kier alpha value is -1.89. The zero-order chi connectivity index (χ0) is 12.3. The third kappa shape index (κ3) is 2.82. The van der Waals surface area contributed by atoms with E-state index < -0.39 is 0 Å². The standard InChI is InChI=1S/C9H11ClN6O/c1-3-11-8-12-4-6(10)7(14-8)17-9-13-5-16(2)15-9/h4-5H,3H2,1-2H3,(H,11,12,14). The lowest BCUT2D eigenvalue weighted by atomic mass is 10.6. The molecule has 0 saturated carbocycles. The second kappa shape index (κ2) is 4.96. The normalized spacial score (nSPS) is 10.3. The Balaban J connectivity index is 2.22. The minimum Gasteiger partial charge on any atom is -0.402 e. The third-order valence-electron chi connectivity index (χ3n) is 1.81. The van der Waals surface area contributed by atoms with Crippen LogP contribution in [0.1, 0.15) is 6.92 Å². The number of hydrogen-bond acceptors (Lipinski definition) is 6. The average Bonchev–Trinajstić information content (AvgIpc) is 2.69. The zero-order valence-electron chi connectivity index (χ0n) is 9.38. The highest BCUT2D eigenvalue weighted by Gasteiger charge is 2.10. The first kappa shape index (κ1) is 11.6. The fourth-order valence-corrected chi connectivity index (χ4v) is 1.25. The van der Waals surface area contributed by atoms with Gasteiger partial charge in [0.15, 0.2) is 0 Å². The van der Waals surface area contributed by atoms with Crippen LogP contribution in [0.25, 0.3) is 0 Å². The summed E-state index contributed by atoms with van der Waals surface area (Å²) in [5, 5.41) is 7.23. The Labute approximate surface area is 103 Å². The van der Waals surface area contributed by atoms with Crippen molar-refractivity contribution in [1.82, 2.24) is 24.7 Å². The SMILES string of the molecule is CCNc1ncc(Cl)c(Oc2ncn(C)n2)n1. The van der Waals surface area contributed by atoms with Crippen LogP contribution in [0, 0.1) is 0 Å². The lowest BCUT2D eigenvalue weighted by Gasteiger charge is -2.05. The van der Waals surface area contributed by atoms with E-state index in [1.807, 2.05) is 6.92 Å². The van der Waals surface area contributed by atoms with E-state index in [4.69, 9.17) is 16.3 Å². The fourth-order valence-electron chi connectivity index (χ4n) is 1.12. The van der Waals surface area contributed by atoms with Crippen molar-refractivity contribution >= 4 is 17.5 Å². The molecule has 0 aliphatic carbocycles. The molecule has 7 nitrogen and oxygen atoms in total. The van der Waals surface area contributed by atoms with E-state index in [1.54, 1.807) is 7.05 Å². The summed E-state index contributed by atoms with van der Waals surface area (Å²) in [4.78, 5) is 12.0. The topological polar surface area (TPSA) is 77.8 Å². The van der Waals surface area contributed by atoms with Gasteiger partial charge >= 0.3 is 6.01 Å².